The fourth-order valence-electron chi connectivity index (χ4n) is 2.04. The van der Waals surface area contributed by atoms with E-state index >= 15 is 0 Å². The number of rotatable bonds is 7. The quantitative estimate of drug-likeness (QED) is 0.529. The molecular formula is C13H21NO4. The van der Waals surface area contributed by atoms with Gasteiger partial charge in [0.25, 0.3) is 0 Å². The van der Waals surface area contributed by atoms with E-state index in [0.29, 0.717) is 32.6 Å². The molecule has 5 nitrogen and oxygen atoms in total. The van der Waals surface area contributed by atoms with Crippen LogP contribution in [0.15, 0.2) is 12.2 Å². The van der Waals surface area contributed by atoms with Gasteiger partial charge in [-0.05, 0) is 26.2 Å². The average molecular weight is 255 g/mol. The van der Waals surface area contributed by atoms with Crippen molar-refractivity contribution in [3.05, 3.63) is 12.2 Å². The molecule has 0 aromatic rings. The number of amides is 1. The third-order valence-corrected chi connectivity index (χ3v) is 3.06. The summed E-state index contributed by atoms with van der Waals surface area (Å²) in [5.41, 5.74) is 0. The summed E-state index contributed by atoms with van der Waals surface area (Å²) in [7, 11) is 0. The molecule has 0 aromatic carbocycles. The summed E-state index contributed by atoms with van der Waals surface area (Å²) in [6.45, 7) is 3.74. The van der Waals surface area contributed by atoms with Crippen LogP contribution < -0.4 is 5.32 Å². The minimum atomic E-state index is -0.895. The van der Waals surface area contributed by atoms with Crippen LogP contribution in [0.3, 0.4) is 0 Å². The first kappa shape index (κ1) is 14.7. The second kappa shape index (κ2) is 7.87. The molecule has 0 aromatic heterocycles. The van der Waals surface area contributed by atoms with Crippen molar-refractivity contribution in [2.24, 2.45) is 11.8 Å². The highest BCUT2D eigenvalue weighted by molar-refractivity contribution is 5.85. The van der Waals surface area contributed by atoms with Gasteiger partial charge in [0, 0.05) is 19.8 Å². The van der Waals surface area contributed by atoms with Crippen molar-refractivity contribution in [1.82, 2.24) is 5.32 Å². The zero-order chi connectivity index (χ0) is 13.4. The number of carbonyl (C=O) groups excluding carboxylic acids is 1. The van der Waals surface area contributed by atoms with Gasteiger partial charge in [-0.25, -0.2) is 0 Å². The molecule has 1 amide bonds. The maximum Gasteiger partial charge on any atom is 0.307 e. The van der Waals surface area contributed by atoms with Gasteiger partial charge in [0.05, 0.1) is 11.8 Å². The van der Waals surface area contributed by atoms with Gasteiger partial charge >= 0.3 is 5.97 Å². The zero-order valence-corrected chi connectivity index (χ0v) is 10.7. The molecular weight excluding hydrogens is 234 g/mol. The Bertz CT molecular complexity index is 314. The minimum Gasteiger partial charge on any atom is -0.481 e. The maximum atomic E-state index is 11.9. The molecule has 0 fully saturated rings. The van der Waals surface area contributed by atoms with Gasteiger partial charge in [-0.15, -0.1) is 0 Å². The zero-order valence-electron chi connectivity index (χ0n) is 10.7. The molecule has 0 radical (unpaired) electrons. The molecule has 1 rings (SSSR count). The van der Waals surface area contributed by atoms with Gasteiger partial charge in [-0.3, -0.25) is 9.59 Å². The molecule has 102 valence electrons. The Hall–Kier alpha value is -1.36. The number of carboxylic acids is 1. The molecule has 0 heterocycles. The highest BCUT2D eigenvalue weighted by atomic mass is 16.5. The first-order valence-electron chi connectivity index (χ1n) is 6.40. The van der Waals surface area contributed by atoms with E-state index in [9.17, 15) is 9.59 Å². The van der Waals surface area contributed by atoms with Crippen molar-refractivity contribution in [3.63, 3.8) is 0 Å². The molecule has 1 aliphatic carbocycles. The second-order valence-corrected chi connectivity index (χ2v) is 4.34. The van der Waals surface area contributed by atoms with Crippen LogP contribution in [0, 0.1) is 11.8 Å². The second-order valence-electron chi connectivity index (χ2n) is 4.34. The number of ether oxygens (including phenoxy) is 1. The highest BCUT2D eigenvalue weighted by Crippen LogP contribution is 2.25. The molecule has 18 heavy (non-hydrogen) atoms. The Kier molecular flexibility index (Phi) is 6.43. The predicted molar refractivity (Wildman–Crippen MR) is 67.1 cm³/mol. The molecule has 2 unspecified atom stereocenters. The monoisotopic (exact) mass is 255 g/mol. The van der Waals surface area contributed by atoms with E-state index in [0.717, 1.165) is 6.42 Å². The highest BCUT2D eigenvalue weighted by Gasteiger charge is 2.33. The van der Waals surface area contributed by atoms with Gasteiger partial charge < -0.3 is 15.2 Å². The van der Waals surface area contributed by atoms with Gasteiger partial charge in [0.2, 0.25) is 5.91 Å². The maximum absolute atomic E-state index is 11.9. The predicted octanol–water partition coefficient (Wildman–Crippen LogP) is 1.20. The van der Waals surface area contributed by atoms with E-state index in [-0.39, 0.29) is 5.91 Å². The Balaban J connectivity index is 2.35. The number of hydrogen-bond acceptors (Lipinski definition) is 3. The number of hydrogen-bond donors (Lipinski definition) is 2. The van der Waals surface area contributed by atoms with Crippen LogP contribution in [0.5, 0.6) is 0 Å². The van der Waals surface area contributed by atoms with Crippen molar-refractivity contribution in [3.8, 4) is 0 Å². The lowest BCUT2D eigenvalue weighted by Crippen LogP contribution is -2.39. The summed E-state index contributed by atoms with van der Waals surface area (Å²) in [6.07, 6.45) is 5.40. The molecule has 0 saturated heterocycles. The Morgan fingerprint density at radius 2 is 2.00 bits per heavy atom. The summed E-state index contributed by atoms with van der Waals surface area (Å²) < 4.78 is 5.16. The van der Waals surface area contributed by atoms with E-state index in [1.807, 2.05) is 19.1 Å². The third-order valence-electron chi connectivity index (χ3n) is 3.06. The number of allylic oxidation sites excluding steroid dienone is 2. The molecule has 0 spiro atoms. The van der Waals surface area contributed by atoms with Crippen LogP contribution >= 0.6 is 0 Å². The van der Waals surface area contributed by atoms with Crippen molar-refractivity contribution in [1.29, 1.82) is 0 Å². The SMILES string of the molecule is CCOCCCNC(=O)C1CC=CCC1C(=O)O. The Labute approximate surface area is 107 Å². The largest absolute Gasteiger partial charge is 0.481 e. The smallest absolute Gasteiger partial charge is 0.307 e. The number of carboxylic acid groups (broad SMARTS) is 1. The van der Waals surface area contributed by atoms with E-state index in [2.05, 4.69) is 5.32 Å². The molecule has 2 N–H and O–H groups in total. The number of aliphatic carboxylic acids is 1. The standard InChI is InChI=1S/C13H21NO4/c1-2-18-9-5-8-14-12(15)10-6-3-4-7-11(10)13(16)17/h3-4,10-11H,2,5-9H2,1H3,(H,14,15)(H,16,17). The number of nitrogens with one attached hydrogen (secondary N) is 1. The van der Waals surface area contributed by atoms with Crippen LogP contribution in [0.2, 0.25) is 0 Å². The van der Waals surface area contributed by atoms with Crippen molar-refractivity contribution < 1.29 is 19.4 Å². The minimum absolute atomic E-state index is 0.164. The fraction of sp³-hybridized carbons (Fsp3) is 0.692. The lowest BCUT2D eigenvalue weighted by molar-refractivity contribution is -0.147. The third kappa shape index (κ3) is 4.49. The Morgan fingerprint density at radius 3 is 2.61 bits per heavy atom. The Morgan fingerprint density at radius 1 is 1.33 bits per heavy atom. The van der Waals surface area contributed by atoms with Crippen molar-refractivity contribution in [2.75, 3.05) is 19.8 Å². The molecule has 2 atom stereocenters. The molecule has 5 heteroatoms. The summed E-state index contributed by atoms with van der Waals surface area (Å²) in [4.78, 5) is 22.9. The van der Waals surface area contributed by atoms with E-state index in [4.69, 9.17) is 9.84 Å². The van der Waals surface area contributed by atoms with Gasteiger partial charge in [0.15, 0.2) is 0 Å². The van der Waals surface area contributed by atoms with Crippen LogP contribution in [0.4, 0.5) is 0 Å². The fourth-order valence-corrected chi connectivity index (χ4v) is 2.04. The molecule has 1 aliphatic rings. The van der Waals surface area contributed by atoms with Gasteiger partial charge in [-0.2, -0.15) is 0 Å². The average Bonchev–Trinajstić information content (AvgIpc) is 2.38. The van der Waals surface area contributed by atoms with E-state index in [1.54, 1.807) is 0 Å². The number of carbonyl (C=O) groups is 2. The van der Waals surface area contributed by atoms with Gasteiger partial charge in [-0.1, -0.05) is 12.2 Å². The lowest BCUT2D eigenvalue weighted by Gasteiger charge is -2.24. The van der Waals surface area contributed by atoms with E-state index < -0.39 is 17.8 Å². The van der Waals surface area contributed by atoms with Crippen LogP contribution in [-0.2, 0) is 14.3 Å². The van der Waals surface area contributed by atoms with Crippen LogP contribution in [-0.4, -0.2) is 36.7 Å². The normalized spacial score (nSPS) is 22.7. The summed E-state index contributed by atoms with van der Waals surface area (Å²) in [5.74, 6) is -2.10. The van der Waals surface area contributed by atoms with Crippen molar-refractivity contribution >= 4 is 11.9 Å². The topological polar surface area (TPSA) is 75.6 Å². The van der Waals surface area contributed by atoms with Crippen LogP contribution in [0.25, 0.3) is 0 Å². The first-order chi connectivity index (χ1) is 8.66. The van der Waals surface area contributed by atoms with E-state index in [1.165, 1.54) is 0 Å². The molecule has 0 bridgehead atoms. The summed E-state index contributed by atoms with van der Waals surface area (Å²) >= 11 is 0. The van der Waals surface area contributed by atoms with Crippen molar-refractivity contribution in [2.45, 2.75) is 26.2 Å². The van der Waals surface area contributed by atoms with Crippen LogP contribution in [0.1, 0.15) is 26.2 Å². The summed E-state index contributed by atoms with van der Waals surface area (Å²) in [5, 5.41) is 11.8. The lowest BCUT2D eigenvalue weighted by atomic mass is 9.82. The first-order valence-corrected chi connectivity index (χ1v) is 6.40. The van der Waals surface area contributed by atoms with Gasteiger partial charge in [0.1, 0.15) is 0 Å². The summed E-state index contributed by atoms with van der Waals surface area (Å²) in [6, 6.07) is 0. The molecule has 0 aliphatic heterocycles. The molecule has 0 saturated carbocycles.